The minimum atomic E-state index is -4.44. The van der Waals surface area contributed by atoms with Gasteiger partial charge in [-0.3, -0.25) is 9.59 Å². The highest BCUT2D eigenvalue weighted by Gasteiger charge is 2.31. The zero-order valence-corrected chi connectivity index (χ0v) is 16.8. The minimum Gasteiger partial charge on any atom is -0.339 e. The maximum atomic E-state index is 12.7. The van der Waals surface area contributed by atoms with Gasteiger partial charge in [-0.05, 0) is 71.8 Å². The monoisotopic (exact) mass is 444 g/mol. The second-order valence-corrected chi connectivity index (χ2v) is 7.43. The molecule has 1 saturated heterocycles. The fraction of sp³-hybridized carbons (Fsp3) is 0.286. The van der Waals surface area contributed by atoms with E-state index in [1.807, 2.05) is 0 Å². The highest BCUT2D eigenvalue weighted by atomic mass is 19.4. The van der Waals surface area contributed by atoms with Crippen molar-refractivity contribution in [3.8, 4) is 5.69 Å². The molecule has 2 heterocycles. The molecule has 0 atom stereocenters. The average Bonchev–Trinajstić information content (AvgIpc) is 3.34. The number of nitrogens with one attached hydrogen (secondary N) is 1. The molecule has 0 bridgehead atoms. The summed E-state index contributed by atoms with van der Waals surface area (Å²) in [5.74, 6) is -0.733. The van der Waals surface area contributed by atoms with E-state index in [0.717, 1.165) is 17.8 Å². The molecule has 2 aromatic carbocycles. The van der Waals surface area contributed by atoms with Gasteiger partial charge in [-0.2, -0.15) is 13.2 Å². The molecule has 11 heteroatoms. The Bertz CT molecular complexity index is 1070. The summed E-state index contributed by atoms with van der Waals surface area (Å²) in [4.78, 5) is 26.7. The second kappa shape index (κ2) is 8.77. The van der Waals surface area contributed by atoms with Crippen LogP contribution in [0.1, 0.15) is 28.8 Å². The number of benzene rings is 2. The number of amides is 2. The van der Waals surface area contributed by atoms with Gasteiger partial charge in [0.25, 0.3) is 5.91 Å². The third kappa shape index (κ3) is 4.76. The Kier molecular flexibility index (Phi) is 5.89. The Morgan fingerprint density at radius 3 is 2.19 bits per heavy atom. The van der Waals surface area contributed by atoms with E-state index < -0.39 is 11.7 Å². The van der Waals surface area contributed by atoms with Crippen LogP contribution in [0.25, 0.3) is 5.69 Å². The lowest BCUT2D eigenvalue weighted by Crippen LogP contribution is -2.41. The lowest BCUT2D eigenvalue weighted by Gasteiger charge is -2.31. The molecule has 1 aliphatic rings. The van der Waals surface area contributed by atoms with Crippen molar-refractivity contribution >= 4 is 17.5 Å². The minimum absolute atomic E-state index is 0.137. The number of hydrogen-bond acceptors (Lipinski definition) is 5. The summed E-state index contributed by atoms with van der Waals surface area (Å²) in [6.45, 7) is 0.715. The van der Waals surface area contributed by atoms with Crippen molar-refractivity contribution in [2.45, 2.75) is 19.0 Å². The first-order valence-corrected chi connectivity index (χ1v) is 9.92. The maximum Gasteiger partial charge on any atom is 0.416 e. The lowest BCUT2D eigenvalue weighted by molar-refractivity contribution is -0.137. The third-order valence-electron chi connectivity index (χ3n) is 5.36. The molecule has 1 fully saturated rings. The van der Waals surface area contributed by atoms with Gasteiger partial charge in [0.05, 0.1) is 11.3 Å². The molecule has 1 N–H and O–H groups in total. The van der Waals surface area contributed by atoms with Crippen molar-refractivity contribution < 1.29 is 22.8 Å². The number of carbonyl (C=O) groups is 2. The van der Waals surface area contributed by atoms with Gasteiger partial charge in [0.2, 0.25) is 5.91 Å². The van der Waals surface area contributed by atoms with Crippen LogP contribution in [0.2, 0.25) is 0 Å². The molecule has 4 rings (SSSR count). The van der Waals surface area contributed by atoms with Crippen LogP contribution in [-0.4, -0.2) is 50.0 Å². The first kappa shape index (κ1) is 21.5. The van der Waals surface area contributed by atoms with E-state index in [0.29, 0.717) is 31.6 Å². The smallest absolute Gasteiger partial charge is 0.339 e. The lowest BCUT2D eigenvalue weighted by atomic mass is 9.95. The topological polar surface area (TPSA) is 93.0 Å². The van der Waals surface area contributed by atoms with Crippen molar-refractivity contribution in [2.75, 3.05) is 18.4 Å². The van der Waals surface area contributed by atoms with E-state index in [1.165, 1.54) is 23.1 Å². The quantitative estimate of drug-likeness (QED) is 0.667. The van der Waals surface area contributed by atoms with Crippen molar-refractivity contribution in [3.05, 3.63) is 66.0 Å². The van der Waals surface area contributed by atoms with Crippen molar-refractivity contribution in [1.82, 2.24) is 25.1 Å². The van der Waals surface area contributed by atoms with Gasteiger partial charge in [-0.1, -0.05) is 0 Å². The average molecular weight is 444 g/mol. The summed E-state index contributed by atoms with van der Waals surface area (Å²) in [6.07, 6.45) is -2.03. The molecule has 0 spiro atoms. The Morgan fingerprint density at radius 2 is 1.62 bits per heavy atom. The number of hydrogen-bond donors (Lipinski definition) is 1. The normalized spacial score (nSPS) is 14.9. The van der Waals surface area contributed by atoms with Crippen LogP contribution in [0.3, 0.4) is 0 Å². The van der Waals surface area contributed by atoms with Gasteiger partial charge in [0, 0.05) is 30.3 Å². The highest BCUT2D eigenvalue weighted by Crippen LogP contribution is 2.29. The summed E-state index contributed by atoms with van der Waals surface area (Å²) in [7, 11) is 0. The number of halogens is 3. The molecule has 8 nitrogen and oxygen atoms in total. The predicted molar refractivity (Wildman–Crippen MR) is 108 cm³/mol. The Morgan fingerprint density at radius 1 is 0.969 bits per heavy atom. The van der Waals surface area contributed by atoms with Crippen LogP contribution < -0.4 is 5.32 Å². The van der Waals surface area contributed by atoms with E-state index in [4.69, 9.17) is 0 Å². The van der Waals surface area contributed by atoms with Gasteiger partial charge in [-0.15, -0.1) is 5.10 Å². The van der Waals surface area contributed by atoms with Crippen molar-refractivity contribution in [2.24, 2.45) is 5.92 Å². The number of tetrazole rings is 1. The van der Waals surface area contributed by atoms with Crippen LogP contribution >= 0.6 is 0 Å². The highest BCUT2D eigenvalue weighted by molar-refractivity contribution is 5.95. The molecule has 1 aromatic heterocycles. The molecule has 32 heavy (non-hydrogen) atoms. The summed E-state index contributed by atoms with van der Waals surface area (Å²) >= 11 is 0. The number of aromatic nitrogens is 4. The van der Waals surface area contributed by atoms with Gasteiger partial charge < -0.3 is 10.2 Å². The molecular formula is C21H19F3N6O2. The molecule has 0 unspecified atom stereocenters. The molecule has 1 aliphatic heterocycles. The molecule has 2 amide bonds. The van der Waals surface area contributed by atoms with Gasteiger partial charge in [0.1, 0.15) is 6.33 Å². The first-order valence-electron chi connectivity index (χ1n) is 9.92. The van der Waals surface area contributed by atoms with Gasteiger partial charge >= 0.3 is 6.18 Å². The van der Waals surface area contributed by atoms with Crippen LogP contribution in [0.15, 0.2) is 54.9 Å². The number of nitrogens with zero attached hydrogens (tertiary/aromatic N) is 5. The van der Waals surface area contributed by atoms with E-state index >= 15 is 0 Å². The third-order valence-corrected chi connectivity index (χ3v) is 5.36. The molecular weight excluding hydrogens is 425 g/mol. The fourth-order valence-corrected chi connectivity index (χ4v) is 3.55. The number of anilines is 1. The number of alkyl halides is 3. The molecule has 3 aromatic rings. The van der Waals surface area contributed by atoms with Crippen LogP contribution in [0.4, 0.5) is 18.9 Å². The zero-order chi connectivity index (χ0) is 22.7. The van der Waals surface area contributed by atoms with Crippen molar-refractivity contribution in [3.63, 3.8) is 0 Å². The van der Waals surface area contributed by atoms with Crippen LogP contribution in [-0.2, 0) is 11.0 Å². The molecule has 0 radical (unpaired) electrons. The summed E-state index contributed by atoms with van der Waals surface area (Å²) in [5, 5.41) is 13.8. The SMILES string of the molecule is O=C(Nc1ccc(-n2cnnn2)cc1)C1CCN(C(=O)c2ccc(C(F)(F)F)cc2)CC1. The standard InChI is InChI=1S/C21H19F3N6O2/c22-21(23,24)16-3-1-15(2-4-16)20(32)29-11-9-14(10-12-29)19(31)26-17-5-7-18(8-6-17)30-13-25-27-28-30/h1-8,13-14H,9-12H2,(H,26,31). The summed E-state index contributed by atoms with van der Waals surface area (Å²) in [5.41, 5.74) is 0.789. The predicted octanol–water partition coefficient (Wildman–Crippen LogP) is 3.17. The Labute approximate surface area is 181 Å². The van der Waals surface area contributed by atoms with Crippen LogP contribution in [0, 0.1) is 5.92 Å². The molecule has 0 aliphatic carbocycles. The van der Waals surface area contributed by atoms with E-state index in [1.54, 1.807) is 29.2 Å². The summed E-state index contributed by atoms with van der Waals surface area (Å²) < 4.78 is 39.6. The van der Waals surface area contributed by atoms with E-state index in [2.05, 4.69) is 20.8 Å². The molecule has 0 saturated carbocycles. The molecule has 166 valence electrons. The van der Waals surface area contributed by atoms with Gasteiger partial charge in [-0.25, -0.2) is 4.68 Å². The second-order valence-electron chi connectivity index (χ2n) is 7.43. The van der Waals surface area contributed by atoms with Crippen molar-refractivity contribution in [1.29, 1.82) is 0 Å². The fourth-order valence-electron chi connectivity index (χ4n) is 3.55. The van der Waals surface area contributed by atoms with Crippen LogP contribution in [0.5, 0.6) is 0 Å². The van der Waals surface area contributed by atoms with Gasteiger partial charge in [0.15, 0.2) is 0 Å². The Balaban J connectivity index is 1.30. The van der Waals surface area contributed by atoms with E-state index in [-0.39, 0.29) is 23.3 Å². The number of piperidine rings is 1. The zero-order valence-electron chi connectivity index (χ0n) is 16.8. The number of rotatable bonds is 4. The summed E-state index contributed by atoms with van der Waals surface area (Å²) in [6, 6.07) is 11.2. The van der Waals surface area contributed by atoms with E-state index in [9.17, 15) is 22.8 Å². The largest absolute Gasteiger partial charge is 0.416 e. The number of likely N-dealkylation sites (tertiary alicyclic amines) is 1. The first-order chi connectivity index (χ1) is 15.3. The maximum absolute atomic E-state index is 12.7. The number of carbonyl (C=O) groups excluding carboxylic acids is 2. The Hall–Kier alpha value is -3.76.